The van der Waals surface area contributed by atoms with Gasteiger partial charge in [-0.2, -0.15) is 0 Å². The number of halogens is 7. The number of nitrogens with two attached hydrogens (primary N) is 1. The van der Waals surface area contributed by atoms with Crippen molar-refractivity contribution in [2.45, 2.75) is 40.5 Å². The summed E-state index contributed by atoms with van der Waals surface area (Å²) in [7, 11) is 0. The molecule has 0 spiro atoms. The topological polar surface area (TPSA) is 89.3 Å². The van der Waals surface area contributed by atoms with Gasteiger partial charge in [0.2, 0.25) is 0 Å². The molecule has 0 aliphatic heterocycles. The van der Waals surface area contributed by atoms with Gasteiger partial charge in [-0.05, 0) is 84.6 Å². The van der Waals surface area contributed by atoms with Crippen molar-refractivity contribution in [3.8, 4) is 0 Å². The highest BCUT2D eigenvalue weighted by atomic mass is 79.9. The van der Waals surface area contributed by atoms with E-state index in [-0.39, 0.29) is 59.6 Å². The highest BCUT2D eigenvalue weighted by Gasteiger charge is 2.28. The van der Waals surface area contributed by atoms with Gasteiger partial charge in [-0.1, -0.05) is 54.0 Å². The summed E-state index contributed by atoms with van der Waals surface area (Å²) in [5.74, 6) is -2.90. The van der Waals surface area contributed by atoms with Gasteiger partial charge < -0.3 is 11.1 Å². The highest BCUT2D eigenvalue weighted by Crippen LogP contribution is 2.31. The van der Waals surface area contributed by atoms with Gasteiger partial charge in [-0.3, -0.25) is 14.4 Å². The Bertz CT molecular complexity index is 1770. The molecule has 0 unspecified atom stereocenters. The van der Waals surface area contributed by atoms with E-state index in [0.29, 0.717) is 36.2 Å². The van der Waals surface area contributed by atoms with E-state index in [9.17, 15) is 31.9 Å². The lowest BCUT2D eigenvalue weighted by Gasteiger charge is -2.10. The van der Waals surface area contributed by atoms with Crippen LogP contribution >= 0.6 is 39.1 Å². The fraction of sp³-hybridized carbons (Fsp3) is 0.182. The number of carbonyl (C=O) groups excluding carboxylic acids is 3. The van der Waals surface area contributed by atoms with Crippen LogP contribution in [0.25, 0.3) is 0 Å². The van der Waals surface area contributed by atoms with Crippen molar-refractivity contribution in [2.75, 3.05) is 11.1 Å². The average molecular weight is 728 g/mol. The zero-order valence-electron chi connectivity index (χ0n) is 22.0. The molecule has 0 fully saturated rings. The van der Waals surface area contributed by atoms with E-state index in [1.165, 1.54) is 42.5 Å². The van der Waals surface area contributed by atoms with E-state index < -0.39 is 29.2 Å². The number of fused-ring (bicyclic) bond motifs is 2. The molecule has 45 heavy (non-hydrogen) atoms. The molecule has 0 atom stereocenters. The molecule has 0 aromatic heterocycles. The summed E-state index contributed by atoms with van der Waals surface area (Å²) in [4.78, 5) is 35.2. The molecule has 2 aliphatic rings. The van der Waals surface area contributed by atoms with Crippen LogP contribution in [0.1, 0.15) is 69.9 Å². The summed E-state index contributed by atoms with van der Waals surface area (Å²) in [6, 6.07) is 13.3. The molecular formula is C33H29BrCl2F4N2O3. The molecule has 1 amide bonds. The summed E-state index contributed by atoms with van der Waals surface area (Å²) >= 11 is 14.3. The quantitative estimate of drug-likeness (QED) is 0.159. The van der Waals surface area contributed by atoms with Crippen LogP contribution in [-0.4, -0.2) is 17.5 Å². The SMILES string of the molecule is C.C.Nc1ccc(F)c(Cl)c1.O=C(Nc1ccc(F)c(Cl)c1)c1ccc(F)c2c1CCC2=O.O=C1CCc2c(Br)ccc(F)c21. The summed E-state index contributed by atoms with van der Waals surface area (Å²) in [6.07, 6.45) is 1.62. The van der Waals surface area contributed by atoms with Crippen molar-refractivity contribution in [1.29, 1.82) is 0 Å². The molecule has 0 radical (unpaired) electrons. The fourth-order valence-electron chi connectivity index (χ4n) is 4.54. The van der Waals surface area contributed by atoms with Crippen molar-refractivity contribution in [3.05, 3.63) is 126 Å². The number of anilines is 2. The maximum Gasteiger partial charge on any atom is 0.255 e. The van der Waals surface area contributed by atoms with E-state index in [2.05, 4.69) is 21.2 Å². The van der Waals surface area contributed by atoms with Gasteiger partial charge in [0, 0.05) is 34.3 Å². The van der Waals surface area contributed by atoms with Crippen molar-refractivity contribution < 1.29 is 31.9 Å². The van der Waals surface area contributed by atoms with Crippen molar-refractivity contribution in [1.82, 2.24) is 0 Å². The van der Waals surface area contributed by atoms with Crippen LogP contribution in [0.15, 0.2) is 65.1 Å². The Morgan fingerprint density at radius 3 is 1.71 bits per heavy atom. The number of benzene rings is 4. The van der Waals surface area contributed by atoms with Crippen LogP contribution in [0.4, 0.5) is 28.9 Å². The Hall–Kier alpha value is -3.73. The van der Waals surface area contributed by atoms with Crippen LogP contribution in [0, 0.1) is 23.3 Å². The molecule has 4 aromatic carbocycles. The summed E-state index contributed by atoms with van der Waals surface area (Å²) in [5, 5.41) is 2.52. The minimum atomic E-state index is -0.612. The van der Waals surface area contributed by atoms with Gasteiger partial charge >= 0.3 is 0 Å². The Balaban J connectivity index is 0.000000259. The monoisotopic (exact) mass is 726 g/mol. The Morgan fingerprint density at radius 1 is 0.689 bits per heavy atom. The summed E-state index contributed by atoms with van der Waals surface area (Å²) in [6.45, 7) is 0. The lowest BCUT2D eigenvalue weighted by Crippen LogP contribution is -2.15. The normalized spacial score (nSPS) is 12.3. The maximum atomic E-state index is 13.7. The Kier molecular flexibility index (Phi) is 13.3. The Morgan fingerprint density at radius 2 is 1.18 bits per heavy atom. The van der Waals surface area contributed by atoms with Crippen molar-refractivity contribution in [3.63, 3.8) is 0 Å². The molecule has 238 valence electrons. The van der Waals surface area contributed by atoms with Gasteiger partial charge in [-0.25, -0.2) is 17.6 Å². The predicted molar refractivity (Wildman–Crippen MR) is 174 cm³/mol. The second kappa shape index (κ2) is 16.0. The first-order chi connectivity index (χ1) is 20.4. The van der Waals surface area contributed by atoms with E-state index in [0.717, 1.165) is 22.2 Å². The van der Waals surface area contributed by atoms with Crippen LogP contribution in [-0.2, 0) is 12.8 Å². The number of nitrogen functional groups attached to an aromatic ring is 1. The molecule has 5 nitrogen and oxygen atoms in total. The number of hydrogen-bond acceptors (Lipinski definition) is 4. The first kappa shape index (κ1) is 37.5. The van der Waals surface area contributed by atoms with E-state index in [1.54, 1.807) is 6.07 Å². The van der Waals surface area contributed by atoms with Crippen LogP contribution in [0.5, 0.6) is 0 Å². The van der Waals surface area contributed by atoms with E-state index in [4.69, 9.17) is 28.9 Å². The average Bonchev–Trinajstić information content (AvgIpc) is 3.56. The van der Waals surface area contributed by atoms with E-state index >= 15 is 0 Å². The molecule has 4 aromatic rings. The third-order valence-corrected chi connectivity index (χ3v) is 7.92. The zero-order chi connectivity index (χ0) is 31.4. The third-order valence-electron chi connectivity index (χ3n) is 6.59. The number of amides is 1. The first-order valence-corrected chi connectivity index (χ1v) is 14.2. The lowest BCUT2D eigenvalue weighted by molar-refractivity contribution is 0.0982. The van der Waals surface area contributed by atoms with Gasteiger partial charge in [0.15, 0.2) is 11.6 Å². The molecular weight excluding hydrogens is 699 g/mol. The van der Waals surface area contributed by atoms with Gasteiger partial charge in [-0.15, -0.1) is 0 Å². The molecule has 0 heterocycles. The minimum absolute atomic E-state index is 0. The van der Waals surface area contributed by atoms with Gasteiger partial charge in [0.25, 0.3) is 5.91 Å². The molecule has 6 rings (SSSR count). The maximum absolute atomic E-state index is 13.7. The molecule has 2 aliphatic carbocycles. The molecule has 0 bridgehead atoms. The third kappa shape index (κ3) is 8.71. The molecule has 0 saturated heterocycles. The molecule has 3 N–H and O–H groups in total. The standard InChI is InChI=1S/C16H10ClF2NO2.C9H6BrFO.C6H5ClFN.2CH4/c17-11-7-8(1-4-12(11)18)20-16(22)10-2-5-13(19)15-9(10)3-6-14(15)21;10-6-2-3-7(11)9-5(6)1-4-8(9)12;7-5-3-4(9)1-2-6(5)8;;/h1-2,4-5,7H,3,6H2,(H,20,22);2-3H,1,4H2;1-3H,9H2;2*1H4. The minimum Gasteiger partial charge on any atom is -0.399 e. The molecule has 0 saturated carbocycles. The zero-order valence-corrected chi connectivity index (χ0v) is 25.1. The predicted octanol–water partition coefficient (Wildman–Crippen LogP) is 10.0. The number of ketones is 2. The van der Waals surface area contributed by atoms with Gasteiger partial charge in [0.05, 0.1) is 21.2 Å². The van der Waals surface area contributed by atoms with Crippen LogP contribution in [0.3, 0.4) is 0 Å². The number of nitrogens with one attached hydrogen (secondary N) is 1. The highest BCUT2D eigenvalue weighted by molar-refractivity contribution is 9.10. The van der Waals surface area contributed by atoms with Crippen LogP contribution in [0.2, 0.25) is 10.0 Å². The smallest absolute Gasteiger partial charge is 0.255 e. The van der Waals surface area contributed by atoms with Crippen molar-refractivity contribution in [2.24, 2.45) is 0 Å². The van der Waals surface area contributed by atoms with Crippen LogP contribution < -0.4 is 11.1 Å². The summed E-state index contributed by atoms with van der Waals surface area (Å²) in [5.41, 5.74) is 7.81. The second-order valence-electron chi connectivity index (χ2n) is 9.43. The first-order valence-electron chi connectivity index (χ1n) is 12.7. The van der Waals surface area contributed by atoms with E-state index in [1.807, 2.05) is 0 Å². The number of hydrogen-bond donors (Lipinski definition) is 2. The van der Waals surface area contributed by atoms with Crippen molar-refractivity contribution >= 4 is 68.0 Å². The number of carbonyl (C=O) groups is 3. The summed E-state index contributed by atoms with van der Waals surface area (Å²) < 4.78 is 53.0. The number of Topliss-reactive ketones (excluding diaryl/α,β-unsaturated/α-hetero) is 2. The Labute approximate surface area is 276 Å². The lowest BCUT2D eigenvalue weighted by atomic mass is 10.0. The van der Waals surface area contributed by atoms with Gasteiger partial charge in [0.1, 0.15) is 23.3 Å². The largest absolute Gasteiger partial charge is 0.399 e. The molecule has 12 heteroatoms. The number of rotatable bonds is 2. The fourth-order valence-corrected chi connectivity index (χ4v) is 5.44. The second-order valence-corrected chi connectivity index (χ2v) is 11.1.